The molecule has 13 heteroatoms. The molecule has 0 aromatic carbocycles. The van der Waals surface area contributed by atoms with E-state index in [0.29, 0.717) is 44.3 Å². The van der Waals surface area contributed by atoms with Crippen molar-refractivity contribution in [2.75, 3.05) is 44.8 Å². The van der Waals surface area contributed by atoms with Crippen LogP contribution in [0.1, 0.15) is 43.0 Å². The summed E-state index contributed by atoms with van der Waals surface area (Å²) in [4.78, 5) is 10.8. The van der Waals surface area contributed by atoms with Gasteiger partial charge in [-0.15, -0.1) is 0 Å². The molecule has 0 saturated carbocycles. The number of rotatable bonds is 5. The standard InChI is InChI=1S/C21H30F3N7O2S/c1-14-12-25-20(27-15-4-10-30(11-5-15)34(3,32)33)28-18(14)17-13-26-31(19(17)21(22,23)24)16-6-8-29(2)9-7-16/h12-13,15-16H,4-11H2,1-3H3,(H,25,27,28). The lowest BCUT2D eigenvalue weighted by Gasteiger charge is -2.30. The van der Waals surface area contributed by atoms with Gasteiger partial charge in [0.05, 0.1) is 29.8 Å². The van der Waals surface area contributed by atoms with E-state index in [4.69, 9.17) is 0 Å². The zero-order valence-electron chi connectivity index (χ0n) is 19.5. The maximum Gasteiger partial charge on any atom is 0.433 e. The van der Waals surface area contributed by atoms with E-state index in [2.05, 4.69) is 25.3 Å². The second-order valence-corrected chi connectivity index (χ2v) is 11.2. The Kier molecular flexibility index (Phi) is 6.89. The summed E-state index contributed by atoms with van der Waals surface area (Å²) in [7, 11) is -1.29. The van der Waals surface area contributed by atoms with Crippen molar-refractivity contribution < 1.29 is 21.6 Å². The lowest BCUT2D eigenvalue weighted by atomic mass is 10.0. The quantitative estimate of drug-likeness (QED) is 0.673. The number of nitrogens with one attached hydrogen (secondary N) is 1. The Morgan fingerprint density at radius 1 is 1.06 bits per heavy atom. The third kappa shape index (κ3) is 5.36. The molecule has 2 aliphatic heterocycles. The summed E-state index contributed by atoms with van der Waals surface area (Å²) in [6.45, 7) is 3.86. The van der Waals surface area contributed by atoms with Gasteiger partial charge in [-0.05, 0) is 58.3 Å². The zero-order valence-corrected chi connectivity index (χ0v) is 20.3. The number of halogens is 3. The van der Waals surface area contributed by atoms with Gasteiger partial charge in [0, 0.05) is 25.3 Å². The molecule has 0 atom stereocenters. The lowest BCUT2D eigenvalue weighted by Crippen LogP contribution is -2.42. The molecule has 4 rings (SSSR count). The molecule has 2 fully saturated rings. The van der Waals surface area contributed by atoms with Gasteiger partial charge >= 0.3 is 6.18 Å². The minimum atomic E-state index is -4.58. The molecular formula is C21H30F3N7O2S. The van der Waals surface area contributed by atoms with E-state index in [1.807, 2.05) is 7.05 Å². The SMILES string of the molecule is Cc1cnc(NC2CCN(S(C)(=O)=O)CC2)nc1-c1cnn(C2CCN(C)CC2)c1C(F)(F)F. The number of hydrogen-bond acceptors (Lipinski definition) is 7. The smallest absolute Gasteiger partial charge is 0.351 e. The average Bonchev–Trinajstić information content (AvgIpc) is 3.21. The van der Waals surface area contributed by atoms with Gasteiger partial charge in [-0.25, -0.2) is 22.7 Å². The summed E-state index contributed by atoms with van der Waals surface area (Å²) in [5, 5.41) is 7.33. The van der Waals surface area contributed by atoms with Crippen LogP contribution in [0, 0.1) is 6.92 Å². The monoisotopic (exact) mass is 501 g/mol. The van der Waals surface area contributed by atoms with Gasteiger partial charge in [0.1, 0.15) is 0 Å². The largest absolute Gasteiger partial charge is 0.433 e. The maximum absolute atomic E-state index is 14.2. The first-order chi connectivity index (χ1) is 15.9. The second kappa shape index (κ2) is 9.42. The van der Waals surface area contributed by atoms with E-state index >= 15 is 0 Å². The van der Waals surface area contributed by atoms with E-state index in [0.717, 1.165) is 17.8 Å². The first-order valence-corrected chi connectivity index (χ1v) is 13.2. The van der Waals surface area contributed by atoms with Crippen molar-refractivity contribution in [3.63, 3.8) is 0 Å². The van der Waals surface area contributed by atoms with Crippen LogP contribution in [0.5, 0.6) is 0 Å². The highest BCUT2D eigenvalue weighted by Gasteiger charge is 2.41. The highest BCUT2D eigenvalue weighted by Crippen LogP contribution is 2.40. The molecule has 2 saturated heterocycles. The Morgan fingerprint density at radius 2 is 1.71 bits per heavy atom. The molecule has 34 heavy (non-hydrogen) atoms. The molecule has 2 aliphatic rings. The van der Waals surface area contributed by atoms with Gasteiger partial charge in [-0.1, -0.05) is 0 Å². The van der Waals surface area contributed by atoms with Crippen LogP contribution < -0.4 is 5.32 Å². The Morgan fingerprint density at radius 3 is 2.29 bits per heavy atom. The first kappa shape index (κ1) is 24.9. The molecule has 0 spiro atoms. The number of aromatic nitrogens is 4. The number of likely N-dealkylation sites (tertiary alicyclic amines) is 1. The van der Waals surface area contributed by atoms with Crippen LogP contribution in [0.25, 0.3) is 11.3 Å². The number of anilines is 1. The summed E-state index contributed by atoms with van der Waals surface area (Å²) in [6, 6.07) is -0.390. The predicted octanol–water partition coefficient (Wildman–Crippen LogP) is 2.77. The lowest BCUT2D eigenvalue weighted by molar-refractivity contribution is -0.144. The van der Waals surface area contributed by atoms with E-state index in [-0.39, 0.29) is 29.3 Å². The number of nitrogens with zero attached hydrogens (tertiary/aromatic N) is 6. The van der Waals surface area contributed by atoms with Crippen LogP contribution in [0.2, 0.25) is 0 Å². The molecular weight excluding hydrogens is 471 g/mol. The molecule has 4 heterocycles. The van der Waals surface area contributed by atoms with Crippen molar-refractivity contribution in [1.82, 2.24) is 29.0 Å². The van der Waals surface area contributed by atoms with Gasteiger partial charge in [-0.3, -0.25) is 4.68 Å². The topological polar surface area (TPSA) is 96.2 Å². The average molecular weight is 502 g/mol. The summed E-state index contributed by atoms with van der Waals surface area (Å²) >= 11 is 0. The fraction of sp³-hybridized carbons (Fsp3) is 0.667. The van der Waals surface area contributed by atoms with Crippen LogP contribution in [0.4, 0.5) is 19.1 Å². The van der Waals surface area contributed by atoms with Crippen LogP contribution in [0.3, 0.4) is 0 Å². The summed E-state index contributed by atoms with van der Waals surface area (Å²) < 4.78 is 68.6. The number of alkyl halides is 3. The molecule has 0 amide bonds. The third-order valence-corrected chi connectivity index (χ3v) is 7.88. The number of sulfonamides is 1. The summed E-state index contributed by atoms with van der Waals surface area (Å²) in [5.41, 5.74) is -0.124. The highest BCUT2D eigenvalue weighted by atomic mass is 32.2. The molecule has 9 nitrogen and oxygen atoms in total. The molecule has 0 aliphatic carbocycles. The Hall–Kier alpha value is -2.25. The molecule has 0 radical (unpaired) electrons. The van der Waals surface area contributed by atoms with Gasteiger partial charge in [0.2, 0.25) is 16.0 Å². The van der Waals surface area contributed by atoms with Crippen LogP contribution >= 0.6 is 0 Å². The predicted molar refractivity (Wildman–Crippen MR) is 122 cm³/mol. The Balaban J connectivity index is 1.59. The number of hydrogen-bond donors (Lipinski definition) is 1. The molecule has 1 N–H and O–H groups in total. The van der Waals surface area contributed by atoms with Crippen molar-refractivity contribution in [3.05, 3.63) is 23.7 Å². The minimum Gasteiger partial charge on any atom is -0.351 e. The van der Waals surface area contributed by atoms with E-state index in [9.17, 15) is 21.6 Å². The normalized spacial score (nSPS) is 20.1. The minimum absolute atomic E-state index is 0.0544. The third-order valence-electron chi connectivity index (χ3n) is 6.58. The van der Waals surface area contributed by atoms with Gasteiger partial charge in [0.15, 0.2) is 5.69 Å². The van der Waals surface area contributed by atoms with Crippen molar-refractivity contribution in [2.45, 2.75) is 50.9 Å². The molecule has 2 aromatic heterocycles. The molecule has 0 unspecified atom stereocenters. The molecule has 188 valence electrons. The first-order valence-electron chi connectivity index (χ1n) is 11.3. The fourth-order valence-corrected chi connectivity index (χ4v) is 5.51. The highest BCUT2D eigenvalue weighted by molar-refractivity contribution is 7.88. The Bertz CT molecular complexity index is 1120. The van der Waals surface area contributed by atoms with Crippen molar-refractivity contribution in [3.8, 4) is 11.3 Å². The van der Waals surface area contributed by atoms with Crippen LogP contribution in [0.15, 0.2) is 12.4 Å². The number of piperidine rings is 2. The summed E-state index contributed by atoms with van der Waals surface area (Å²) in [6.07, 6.45) is 1.67. The fourth-order valence-electron chi connectivity index (χ4n) is 4.63. The molecule has 0 bridgehead atoms. The van der Waals surface area contributed by atoms with Gasteiger partial charge in [0.25, 0.3) is 0 Å². The van der Waals surface area contributed by atoms with Crippen molar-refractivity contribution in [2.24, 2.45) is 0 Å². The van der Waals surface area contributed by atoms with Crippen molar-refractivity contribution in [1.29, 1.82) is 0 Å². The summed E-state index contributed by atoms with van der Waals surface area (Å²) in [5.74, 6) is 0.221. The second-order valence-electron chi connectivity index (χ2n) is 9.19. The Labute approximate surface area is 197 Å². The van der Waals surface area contributed by atoms with Gasteiger partial charge < -0.3 is 10.2 Å². The van der Waals surface area contributed by atoms with Crippen LogP contribution in [-0.4, -0.2) is 82.9 Å². The molecule has 2 aromatic rings. The van der Waals surface area contributed by atoms with Crippen LogP contribution in [-0.2, 0) is 16.2 Å². The zero-order chi connectivity index (χ0) is 24.7. The number of aryl methyl sites for hydroxylation is 1. The van der Waals surface area contributed by atoms with E-state index in [1.54, 1.807) is 6.92 Å². The van der Waals surface area contributed by atoms with Gasteiger partial charge in [-0.2, -0.15) is 18.3 Å². The maximum atomic E-state index is 14.2. The van der Waals surface area contributed by atoms with E-state index < -0.39 is 21.9 Å². The van der Waals surface area contributed by atoms with E-state index in [1.165, 1.54) is 23.0 Å². The van der Waals surface area contributed by atoms with Crippen molar-refractivity contribution >= 4 is 16.0 Å².